The maximum atomic E-state index is 14.3. The third kappa shape index (κ3) is 2.45. The van der Waals surface area contributed by atoms with Crippen LogP contribution in [0.1, 0.15) is 18.9 Å². The van der Waals surface area contributed by atoms with Crippen molar-refractivity contribution in [3.63, 3.8) is 0 Å². The van der Waals surface area contributed by atoms with Gasteiger partial charge in [-0.15, -0.1) is 5.10 Å². The van der Waals surface area contributed by atoms with Crippen LogP contribution >= 0.6 is 0 Å². The third-order valence-corrected chi connectivity index (χ3v) is 6.29. The first-order valence-electron chi connectivity index (χ1n) is 9.36. The van der Waals surface area contributed by atoms with Crippen LogP contribution in [0.4, 0.5) is 8.78 Å². The molecule has 9 heteroatoms. The van der Waals surface area contributed by atoms with Crippen molar-refractivity contribution in [1.82, 2.24) is 19.9 Å². The van der Waals surface area contributed by atoms with Crippen molar-refractivity contribution in [2.24, 2.45) is 11.3 Å². The van der Waals surface area contributed by atoms with Gasteiger partial charge in [-0.25, -0.2) is 9.07 Å². The van der Waals surface area contributed by atoms with Crippen LogP contribution in [-0.2, 0) is 9.53 Å². The molecule has 1 saturated heterocycles. The van der Waals surface area contributed by atoms with Gasteiger partial charge in [0.1, 0.15) is 5.69 Å². The molecule has 0 radical (unpaired) electrons. The fraction of sp³-hybridized carbons (Fsp3) is 0.526. The highest BCUT2D eigenvalue weighted by Gasteiger charge is 2.73. The van der Waals surface area contributed by atoms with Gasteiger partial charge in [0, 0.05) is 18.7 Å². The van der Waals surface area contributed by atoms with Gasteiger partial charge in [0.15, 0.2) is 11.6 Å². The quantitative estimate of drug-likeness (QED) is 0.799. The molecule has 1 aromatic heterocycles. The molecule has 3 fully saturated rings. The molecule has 28 heavy (non-hydrogen) atoms. The number of hydrogen-bond acceptors (Lipinski definition) is 5. The number of hydrogen-bond donors (Lipinski definition) is 0. The number of morpholine rings is 1. The minimum Gasteiger partial charge on any atom is -0.494 e. The average molecular weight is 390 g/mol. The molecule has 1 aliphatic heterocycles. The summed E-state index contributed by atoms with van der Waals surface area (Å²) in [7, 11) is 1.28. The molecule has 0 spiro atoms. The Balaban J connectivity index is 1.31. The van der Waals surface area contributed by atoms with Gasteiger partial charge in [0.25, 0.3) is 0 Å². The molecule has 3 aliphatic rings. The van der Waals surface area contributed by atoms with E-state index in [1.807, 2.05) is 4.90 Å². The van der Waals surface area contributed by atoms with Gasteiger partial charge in [-0.1, -0.05) is 5.21 Å². The van der Waals surface area contributed by atoms with Gasteiger partial charge < -0.3 is 14.4 Å². The van der Waals surface area contributed by atoms with Crippen molar-refractivity contribution < 1.29 is 23.0 Å². The SMILES string of the molecule is COc1ccc(-c2cn([C@@H]3C[C@@]4(C(=O)N5CCOCC5)C[C@@H]34)nn2)c(F)c1F. The van der Waals surface area contributed by atoms with Gasteiger partial charge >= 0.3 is 0 Å². The van der Waals surface area contributed by atoms with E-state index in [0.717, 1.165) is 6.42 Å². The highest BCUT2D eigenvalue weighted by molar-refractivity contribution is 5.88. The lowest BCUT2D eigenvalue weighted by molar-refractivity contribution is -0.145. The van der Waals surface area contributed by atoms with Gasteiger partial charge in [0.2, 0.25) is 11.7 Å². The minimum absolute atomic E-state index is 0.0373. The lowest BCUT2D eigenvalue weighted by atomic mass is 9.78. The van der Waals surface area contributed by atoms with Crippen molar-refractivity contribution in [3.8, 4) is 17.0 Å². The molecule has 5 rings (SSSR count). The fourth-order valence-corrected chi connectivity index (χ4v) is 4.57. The standard InChI is InChI=1S/C19H20F2N4O3/c1-27-15-3-2-11(16(20)17(15)21)13-10-25(23-22-13)14-9-19(8-12(14)19)18(26)24-4-6-28-7-5-24/h2-3,10,12,14H,4-9H2,1H3/t12-,14+,19-/m0/s1. The molecular formula is C19H20F2N4O3. The smallest absolute Gasteiger partial charge is 0.229 e. The summed E-state index contributed by atoms with van der Waals surface area (Å²) in [5.74, 6) is -1.77. The van der Waals surface area contributed by atoms with Crippen LogP contribution in [0.2, 0.25) is 0 Å². The van der Waals surface area contributed by atoms with Gasteiger partial charge in [-0.05, 0) is 30.9 Å². The van der Waals surface area contributed by atoms with Crippen molar-refractivity contribution in [2.75, 3.05) is 33.4 Å². The summed E-state index contributed by atoms with van der Waals surface area (Å²) in [6.07, 6.45) is 3.17. The molecule has 0 unspecified atom stereocenters. The van der Waals surface area contributed by atoms with E-state index in [2.05, 4.69) is 10.3 Å². The molecule has 1 aromatic carbocycles. The number of aromatic nitrogens is 3. The van der Waals surface area contributed by atoms with Crippen molar-refractivity contribution >= 4 is 5.91 Å². The predicted molar refractivity (Wildman–Crippen MR) is 93.5 cm³/mol. The van der Waals surface area contributed by atoms with Crippen molar-refractivity contribution in [1.29, 1.82) is 0 Å². The topological polar surface area (TPSA) is 69.5 Å². The fourth-order valence-electron chi connectivity index (χ4n) is 4.57. The van der Waals surface area contributed by atoms with E-state index in [1.165, 1.54) is 19.2 Å². The van der Waals surface area contributed by atoms with E-state index in [9.17, 15) is 13.6 Å². The number of amides is 1. The van der Waals surface area contributed by atoms with E-state index in [-0.39, 0.29) is 40.3 Å². The summed E-state index contributed by atoms with van der Waals surface area (Å²) >= 11 is 0. The molecule has 0 bridgehead atoms. The largest absolute Gasteiger partial charge is 0.494 e. The second kappa shape index (κ2) is 6.23. The van der Waals surface area contributed by atoms with Crippen molar-refractivity contribution in [2.45, 2.75) is 18.9 Å². The lowest BCUT2D eigenvalue weighted by Gasteiger charge is -2.38. The number of carbonyl (C=O) groups is 1. The molecule has 1 amide bonds. The summed E-state index contributed by atoms with van der Waals surface area (Å²) in [4.78, 5) is 14.7. The van der Waals surface area contributed by atoms with E-state index in [1.54, 1.807) is 10.9 Å². The Morgan fingerprint density at radius 3 is 2.75 bits per heavy atom. The van der Waals surface area contributed by atoms with E-state index < -0.39 is 11.6 Å². The van der Waals surface area contributed by atoms with Crippen LogP contribution in [0.15, 0.2) is 18.3 Å². The molecule has 148 valence electrons. The van der Waals surface area contributed by atoms with Crippen LogP contribution in [0, 0.1) is 23.0 Å². The number of rotatable bonds is 4. The predicted octanol–water partition coefficient (Wildman–Crippen LogP) is 2.04. The average Bonchev–Trinajstić information content (AvgIpc) is 3.05. The summed E-state index contributed by atoms with van der Waals surface area (Å²) in [6.45, 7) is 2.47. The Hall–Kier alpha value is -2.55. The van der Waals surface area contributed by atoms with Crippen LogP contribution in [0.3, 0.4) is 0 Å². The number of methoxy groups -OCH3 is 1. The van der Waals surface area contributed by atoms with E-state index >= 15 is 0 Å². The monoisotopic (exact) mass is 390 g/mol. The van der Waals surface area contributed by atoms with Crippen LogP contribution in [0.25, 0.3) is 11.3 Å². The van der Waals surface area contributed by atoms with Gasteiger partial charge in [-0.3, -0.25) is 4.79 Å². The summed E-state index contributed by atoms with van der Waals surface area (Å²) in [6, 6.07) is 2.86. The summed E-state index contributed by atoms with van der Waals surface area (Å²) in [5, 5.41) is 8.12. The Kier molecular flexibility index (Phi) is 3.90. The Labute approximate surface area is 160 Å². The Bertz CT molecular complexity index is 943. The zero-order valence-corrected chi connectivity index (χ0v) is 15.4. The normalized spacial score (nSPS) is 28.5. The lowest BCUT2D eigenvalue weighted by Crippen LogP contribution is -2.48. The molecule has 7 nitrogen and oxygen atoms in total. The maximum absolute atomic E-state index is 14.3. The molecule has 2 saturated carbocycles. The zero-order chi connectivity index (χ0) is 19.5. The molecule has 3 atom stereocenters. The molecule has 2 heterocycles. The number of nitrogens with zero attached hydrogens (tertiary/aromatic N) is 4. The second-order valence-corrected chi connectivity index (χ2v) is 7.67. The summed E-state index contributed by atoms with van der Waals surface area (Å²) in [5.41, 5.74) is 0.0260. The molecule has 0 N–H and O–H groups in total. The van der Waals surface area contributed by atoms with Gasteiger partial charge in [-0.2, -0.15) is 4.39 Å². The van der Waals surface area contributed by atoms with Crippen LogP contribution in [-0.4, -0.2) is 59.2 Å². The molecular weight excluding hydrogens is 370 g/mol. The first-order valence-corrected chi connectivity index (χ1v) is 9.36. The Morgan fingerprint density at radius 2 is 2.04 bits per heavy atom. The molecule has 2 aromatic rings. The zero-order valence-electron chi connectivity index (χ0n) is 15.4. The number of carbonyl (C=O) groups excluding carboxylic acids is 1. The highest BCUT2D eigenvalue weighted by atomic mass is 19.2. The number of halogens is 2. The van der Waals surface area contributed by atoms with Crippen LogP contribution < -0.4 is 4.74 Å². The number of ether oxygens (including phenoxy) is 2. The van der Waals surface area contributed by atoms with E-state index in [4.69, 9.17) is 9.47 Å². The maximum Gasteiger partial charge on any atom is 0.229 e. The Morgan fingerprint density at radius 1 is 1.25 bits per heavy atom. The van der Waals surface area contributed by atoms with E-state index in [0.29, 0.717) is 32.7 Å². The second-order valence-electron chi connectivity index (χ2n) is 7.67. The van der Waals surface area contributed by atoms with Crippen molar-refractivity contribution in [3.05, 3.63) is 30.0 Å². The van der Waals surface area contributed by atoms with Gasteiger partial charge in [0.05, 0.1) is 38.0 Å². The minimum atomic E-state index is -1.05. The third-order valence-electron chi connectivity index (χ3n) is 6.29. The number of benzene rings is 1. The first-order chi connectivity index (χ1) is 13.5. The highest BCUT2D eigenvalue weighted by Crippen LogP contribution is 2.73. The molecule has 2 aliphatic carbocycles. The summed E-state index contributed by atoms with van der Waals surface area (Å²) < 4.78 is 40.1. The first kappa shape index (κ1) is 17.5. The number of fused-ring (bicyclic) bond motifs is 1. The van der Waals surface area contributed by atoms with Crippen LogP contribution in [0.5, 0.6) is 5.75 Å².